The summed E-state index contributed by atoms with van der Waals surface area (Å²) in [6.07, 6.45) is 8.44. The van der Waals surface area contributed by atoms with Crippen molar-refractivity contribution in [3.05, 3.63) is 35.1 Å². The normalized spacial score (nSPS) is 12.4. The van der Waals surface area contributed by atoms with Gasteiger partial charge in [-0.1, -0.05) is 11.6 Å². The summed E-state index contributed by atoms with van der Waals surface area (Å²) in [5.74, 6) is 0. The van der Waals surface area contributed by atoms with E-state index in [0.717, 1.165) is 43.2 Å². The molecule has 0 saturated carbocycles. The highest BCUT2D eigenvalue weighted by Gasteiger charge is 2.02. The molecule has 2 aromatic heterocycles. The molecule has 2 heterocycles. The number of hydrogen-bond acceptors (Lipinski definition) is 4. The van der Waals surface area contributed by atoms with Crippen LogP contribution in [0, 0.1) is 0 Å². The molecule has 0 atom stereocenters. The van der Waals surface area contributed by atoms with Crippen molar-refractivity contribution in [2.24, 2.45) is 0 Å². The lowest BCUT2D eigenvalue weighted by Crippen LogP contribution is -2.19. The highest BCUT2D eigenvalue weighted by atomic mass is 32.1. The molecule has 0 aliphatic rings. The van der Waals surface area contributed by atoms with Gasteiger partial charge in [0.25, 0.3) is 0 Å². The van der Waals surface area contributed by atoms with Gasteiger partial charge in [-0.25, -0.2) is 4.98 Å². The standard InChI is InChI=1S/C14H21N3OS/c1-12(4-3-5-15-6-8-18-2)10-13-11-17-7-9-19-14(17)16-13/h4,7,9,11,15H,3,5-6,8,10H2,1-2H3/b12-4-. The fourth-order valence-corrected chi connectivity index (χ4v) is 2.66. The van der Waals surface area contributed by atoms with E-state index < -0.39 is 0 Å². The fourth-order valence-electron chi connectivity index (χ4n) is 1.94. The molecule has 0 aromatic carbocycles. The van der Waals surface area contributed by atoms with E-state index >= 15 is 0 Å². The lowest BCUT2D eigenvalue weighted by Gasteiger charge is -2.02. The Kier molecular flexibility index (Phi) is 5.57. The minimum absolute atomic E-state index is 0.772. The first-order valence-corrected chi connectivity index (χ1v) is 7.44. The third-order valence-corrected chi connectivity index (χ3v) is 3.67. The molecule has 0 spiro atoms. The molecule has 0 aliphatic carbocycles. The Morgan fingerprint density at radius 2 is 2.42 bits per heavy atom. The molecule has 2 rings (SSSR count). The number of imidazole rings is 1. The van der Waals surface area contributed by atoms with Crippen LogP contribution in [0.3, 0.4) is 0 Å². The summed E-state index contributed by atoms with van der Waals surface area (Å²) in [5, 5.41) is 5.39. The van der Waals surface area contributed by atoms with Crippen molar-refractivity contribution in [2.75, 3.05) is 26.8 Å². The average Bonchev–Trinajstić information content (AvgIpc) is 2.94. The molecule has 0 aliphatic heterocycles. The van der Waals surface area contributed by atoms with Gasteiger partial charge < -0.3 is 10.1 Å². The van der Waals surface area contributed by atoms with E-state index in [1.165, 1.54) is 5.57 Å². The number of ether oxygens (including phenoxy) is 1. The summed E-state index contributed by atoms with van der Waals surface area (Å²) in [7, 11) is 1.72. The zero-order valence-electron chi connectivity index (χ0n) is 11.6. The minimum Gasteiger partial charge on any atom is -0.383 e. The van der Waals surface area contributed by atoms with Crippen LogP contribution in [0.5, 0.6) is 0 Å². The Hall–Kier alpha value is -1.17. The number of nitrogens with one attached hydrogen (secondary N) is 1. The third-order valence-electron chi connectivity index (χ3n) is 2.90. The van der Waals surface area contributed by atoms with Gasteiger partial charge in [-0.3, -0.25) is 4.40 Å². The number of aromatic nitrogens is 2. The second-order valence-corrected chi connectivity index (χ2v) is 5.46. The van der Waals surface area contributed by atoms with Gasteiger partial charge >= 0.3 is 0 Å². The van der Waals surface area contributed by atoms with Gasteiger partial charge in [-0.2, -0.15) is 0 Å². The zero-order valence-corrected chi connectivity index (χ0v) is 12.4. The Labute approximate surface area is 118 Å². The van der Waals surface area contributed by atoms with Gasteiger partial charge in [-0.15, -0.1) is 11.3 Å². The Balaban J connectivity index is 1.74. The molecule has 0 fully saturated rings. The molecule has 5 heteroatoms. The van der Waals surface area contributed by atoms with E-state index in [0.29, 0.717) is 0 Å². The number of hydrogen-bond donors (Lipinski definition) is 1. The number of methoxy groups -OCH3 is 1. The summed E-state index contributed by atoms with van der Waals surface area (Å²) in [4.78, 5) is 5.66. The van der Waals surface area contributed by atoms with Gasteiger partial charge in [0.05, 0.1) is 12.3 Å². The maximum absolute atomic E-state index is 4.98. The first-order valence-electron chi connectivity index (χ1n) is 6.56. The molecule has 0 saturated heterocycles. The van der Waals surface area contributed by atoms with Crippen LogP contribution >= 0.6 is 11.3 Å². The molecule has 0 bridgehead atoms. The molecule has 1 N–H and O–H groups in total. The van der Waals surface area contributed by atoms with Gasteiger partial charge in [0.2, 0.25) is 0 Å². The van der Waals surface area contributed by atoms with Crippen molar-refractivity contribution in [3.8, 4) is 0 Å². The summed E-state index contributed by atoms with van der Waals surface area (Å²) in [5.41, 5.74) is 2.52. The minimum atomic E-state index is 0.772. The molecule has 4 nitrogen and oxygen atoms in total. The van der Waals surface area contributed by atoms with Crippen LogP contribution in [0.4, 0.5) is 0 Å². The quantitative estimate of drug-likeness (QED) is 0.596. The van der Waals surface area contributed by atoms with Crippen molar-refractivity contribution in [3.63, 3.8) is 0 Å². The Morgan fingerprint density at radius 3 is 3.21 bits per heavy atom. The van der Waals surface area contributed by atoms with Crippen LogP contribution in [0.25, 0.3) is 4.96 Å². The van der Waals surface area contributed by atoms with Crippen LogP contribution in [0.2, 0.25) is 0 Å². The van der Waals surface area contributed by atoms with Crippen molar-refractivity contribution in [1.29, 1.82) is 0 Å². The Bertz CT molecular complexity index is 501. The summed E-state index contributed by atoms with van der Waals surface area (Å²) >= 11 is 1.67. The van der Waals surface area contributed by atoms with Gasteiger partial charge in [0.15, 0.2) is 4.96 Å². The summed E-state index contributed by atoms with van der Waals surface area (Å²) in [6.45, 7) is 4.86. The number of nitrogens with zero attached hydrogens (tertiary/aromatic N) is 2. The van der Waals surface area contributed by atoms with E-state index in [1.54, 1.807) is 18.4 Å². The maximum Gasteiger partial charge on any atom is 0.193 e. The lowest BCUT2D eigenvalue weighted by atomic mass is 10.1. The maximum atomic E-state index is 4.98. The average molecular weight is 279 g/mol. The van der Waals surface area contributed by atoms with Gasteiger partial charge in [0, 0.05) is 37.8 Å². The second-order valence-electron chi connectivity index (χ2n) is 4.58. The molecule has 19 heavy (non-hydrogen) atoms. The largest absolute Gasteiger partial charge is 0.383 e. The number of rotatable bonds is 8. The molecular formula is C14H21N3OS. The van der Waals surface area contributed by atoms with E-state index in [4.69, 9.17) is 4.74 Å². The van der Waals surface area contributed by atoms with Crippen molar-refractivity contribution in [1.82, 2.24) is 14.7 Å². The number of fused-ring (bicyclic) bond motifs is 1. The zero-order chi connectivity index (χ0) is 13.5. The van der Waals surface area contributed by atoms with Crippen LogP contribution in [0.1, 0.15) is 19.0 Å². The highest BCUT2D eigenvalue weighted by Crippen LogP contribution is 2.14. The first-order chi connectivity index (χ1) is 9.29. The summed E-state index contributed by atoms with van der Waals surface area (Å²) < 4.78 is 7.07. The van der Waals surface area contributed by atoms with E-state index in [2.05, 4.69) is 45.5 Å². The van der Waals surface area contributed by atoms with E-state index in [9.17, 15) is 0 Å². The number of allylic oxidation sites excluding steroid dienone is 1. The van der Waals surface area contributed by atoms with Crippen molar-refractivity contribution < 1.29 is 4.74 Å². The monoisotopic (exact) mass is 279 g/mol. The predicted molar refractivity (Wildman–Crippen MR) is 79.9 cm³/mol. The lowest BCUT2D eigenvalue weighted by molar-refractivity contribution is 0.199. The van der Waals surface area contributed by atoms with E-state index in [1.807, 2.05) is 0 Å². The smallest absolute Gasteiger partial charge is 0.193 e. The first kappa shape index (κ1) is 14.2. The number of thiazole rings is 1. The fraction of sp³-hybridized carbons (Fsp3) is 0.500. The van der Waals surface area contributed by atoms with Crippen LogP contribution in [-0.2, 0) is 11.2 Å². The molecule has 0 radical (unpaired) electrons. The van der Waals surface area contributed by atoms with Gasteiger partial charge in [0.1, 0.15) is 0 Å². The van der Waals surface area contributed by atoms with Gasteiger partial charge in [-0.05, 0) is 19.9 Å². The van der Waals surface area contributed by atoms with Crippen LogP contribution in [-0.4, -0.2) is 36.2 Å². The molecule has 2 aromatic rings. The molecule has 104 valence electrons. The topological polar surface area (TPSA) is 38.6 Å². The Morgan fingerprint density at radius 1 is 1.53 bits per heavy atom. The van der Waals surface area contributed by atoms with E-state index in [-0.39, 0.29) is 0 Å². The predicted octanol–water partition coefficient (Wildman–Crippen LogP) is 2.51. The molecule has 0 unspecified atom stereocenters. The van der Waals surface area contributed by atoms with Crippen LogP contribution in [0.15, 0.2) is 29.4 Å². The van der Waals surface area contributed by atoms with Crippen molar-refractivity contribution >= 4 is 16.3 Å². The van der Waals surface area contributed by atoms with Crippen LogP contribution < -0.4 is 5.32 Å². The SMILES string of the molecule is COCCNCC/C=C(/C)Cc1cn2ccsc2n1. The summed E-state index contributed by atoms with van der Waals surface area (Å²) in [6, 6.07) is 0. The highest BCUT2D eigenvalue weighted by molar-refractivity contribution is 7.15. The van der Waals surface area contributed by atoms with Crippen molar-refractivity contribution in [2.45, 2.75) is 19.8 Å². The molecule has 0 amide bonds. The second kappa shape index (κ2) is 7.43. The molecular weight excluding hydrogens is 258 g/mol. The third kappa shape index (κ3) is 4.45.